The molecule has 0 bridgehead atoms. The maximum absolute atomic E-state index is 12.1. The number of carbonyl (C=O) groups excluding carboxylic acids is 2. The van der Waals surface area contributed by atoms with Crippen LogP contribution in [0.5, 0.6) is 0 Å². The zero-order valence-electron chi connectivity index (χ0n) is 14.7. The minimum absolute atomic E-state index is 0.324. The highest BCUT2D eigenvalue weighted by Gasteiger charge is 2.23. The van der Waals surface area contributed by atoms with Gasteiger partial charge in [-0.05, 0) is 49.1 Å². The van der Waals surface area contributed by atoms with Gasteiger partial charge in [-0.25, -0.2) is 14.5 Å². The first-order valence-corrected chi connectivity index (χ1v) is 9.44. The van der Waals surface area contributed by atoms with E-state index in [1.807, 2.05) is 0 Å². The molecule has 0 saturated heterocycles. The summed E-state index contributed by atoms with van der Waals surface area (Å²) >= 11 is 1.42. The van der Waals surface area contributed by atoms with Crippen LogP contribution in [-0.2, 0) is 22.4 Å². The van der Waals surface area contributed by atoms with Gasteiger partial charge in [0.2, 0.25) is 0 Å². The minimum Gasteiger partial charge on any atom is -0.452 e. The van der Waals surface area contributed by atoms with Crippen LogP contribution >= 0.6 is 11.3 Å². The predicted octanol–water partition coefficient (Wildman–Crippen LogP) is 2.48. The number of benzene rings is 1. The van der Waals surface area contributed by atoms with Crippen molar-refractivity contribution >= 4 is 28.2 Å². The number of fused-ring (bicyclic) bond motifs is 1. The summed E-state index contributed by atoms with van der Waals surface area (Å²) in [6, 6.07) is 8.76. The number of carbonyl (C=O) groups is 2. The van der Waals surface area contributed by atoms with Gasteiger partial charge in [-0.2, -0.15) is 10.4 Å². The first-order valence-electron chi connectivity index (χ1n) is 8.62. The average molecular weight is 393 g/mol. The lowest BCUT2D eigenvalue weighted by Gasteiger charge is -2.07. The van der Waals surface area contributed by atoms with Crippen LogP contribution in [0.15, 0.2) is 36.9 Å². The summed E-state index contributed by atoms with van der Waals surface area (Å²) in [7, 11) is 0. The molecule has 140 valence electrons. The molecule has 8 nitrogen and oxygen atoms in total. The minimum atomic E-state index is -0.602. The van der Waals surface area contributed by atoms with Crippen LogP contribution in [0.3, 0.4) is 0 Å². The maximum Gasteiger partial charge on any atom is 0.338 e. The number of amides is 1. The topological polar surface area (TPSA) is 110 Å². The molecular formula is C19H15N5O3S. The second-order valence-electron chi connectivity index (χ2n) is 6.18. The Hall–Kier alpha value is -3.51. The van der Waals surface area contributed by atoms with Crippen molar-refractivity contribution in [2.24, 2.45) is 0 Å². The number of aromatic nitrogens is 3. The molecule has 1 N–H and O–H groups in total. The number of anilines is 1. The molecule has 3 aromatic rings. The Labute approximate surface area is 164 Å². The van der Waals surface area contributed by atoms with Crippen LogP contribution in [-0.4, -0.2) is 33.2 Å². The number of hydrogen-bond donors (Lipinski definition) is 1. The fourth-order valence-electron chi connectivity index (χ4n) is 3.08. The molecule has 0 spiro atoms. The Morgan fingerprint density at radius 2 is 2.11 bits per heavy atom. The Morgan fingerprint density at radius 1 is 1.29 bits per heavy atom. The molecule has 1 amide bonds. The number of thiophene rings is 1. The van der Waals surface area contributed by atoms with Crippen molar-refractivity contribution in [3.8, 4) is 11.8 Å². The van der Waals surface area contributed by atoms with E-state index in [1.165, 1.54) is 17.7 Å². The Bertz CT molecular complexity index is 1060. The van der Waals surface area contributed by atoms with Crippen LogP contribution in [0.1, 0.15) is 32.8 Å². The summed E-state index contributed by atoms with van der Waals surface area (Å²) in [6.07, 6.45) is 5.81. The molecule has 1 aromatic carbocycles. The Kier molecular flexibility index (Phi) is 4.87. The number of hydrogen-bond acceptors (Lipinski definition) is 7. The molecule has 1 aliphatic carbocycles. The molecule has 0 atom stereocenters. The van der Waals surface area contributed by atoms with Gasteiger partial charge in [0.1, 0.15) is 23.7 Å². The van der Waals surface area contributed by atoms with Gasteiger partial charge in [-0.3, -0.25) is 4.79 Å². The van der Waals surface area contributed by atoms with Crippen molar-refractivity contribution in [1.82, 2.24) is 14.8 Å². The Balaban J connectivity index is 1.35. The molecule has 1 aliphatic rings. The third-order valence-corrected chi connectivity index (χ3v) is 5.61. The van der Waals surface area contributed by atoms with Gasteiger partial charge in [0.05, 0.1) is 16.8 Å². The van der Waals surface area contributed by atoms with E-state index in [4.69, 9.17) is 4.74 Å². The van der Waals surface area contributed by atoms with E-state index in [9.17, 15) is 14.9 Å². The van der Waals surface area contributed by atoms with Gasteiger partial charge >= 0.3 is 5.97 Å². The number of ether oxygens (including phenoxy) is 1. The fraction of sp³-hybridized carbons (Fsp3) is 0.211. The van der Waals surface area contributed by atoms with Crippen molar-refractivity contribution in [2.75, 3.05) is 11.9 Å². The van der Waals surface area contributed by atoms with Crippen LogP contribution in [0.4, 0.5) is 5.00 Å². The second-order valence-corrected chi connectivity index (χ2v) is 7.29. The number of aryl methyl sites for hydroxylation is 1. The molecule has 2 aromatic heterocycles. The lowest BCUT2D eigenvalue weighted by molar-refractivity contribution is -0.119. The largest absolute Gasteiger partial charge is 0.452 e. The highest BCUT2D eigenvalue weighted by atomic mass is 32.1. The summed E-state index contributed by atoms with van der Waals surface area (Å²) in [5, 5.41) is 16.6. The Morgan fingerprint density at radius 3 is 2.82 bits per heavy atom. The molecule has 0 radical (unpaired) electrons. The van der Waals surface area contributed by atoms with Crippen LogP contribution in [0.2, 0.25) is 0 Å². The van der Waals surface area contributed by atoms with E-state index >= 15 is 0 Å². The van der Waals surface area contributed by atoms with Gasteiger partial charge in [-0.15, -0.1) is 11.3 Å². The summed E-state index contributed by atoms with van der Waals surface area (Å²) in [6.45, 7) is -0.420. The summed E-state index contributed by atoms with van der Waals surface area (Å²) in [5.41, 5.74) is 2.64. The highest BCUT2D eigenvalue weighted by Crippen LogP contribution is 2.38. The average Bonchev–Trinajstić information content (AvgIpc) is 3.44. The second kappa shape index (κ2) is 7.62. The van der Waals surface area contributed by atoms with Gasteiger partial charge in [0.15, 0.2) is 6.61 Å². The molecule has 0 unspecified atom stereocenters. The van der Waals surface area contributed by atoms with Crippen LogP contribution < -0.4 is 5.32 Å². The van der Waals surface area contributed by atoms with Crippen LogP contribution in [0.25, 0.3) is 5.69 Å². The smallest absolute Gasteiger partial charge is 0.338 e. The molecule has 0 fully saturated rings. The summed E-state index contributed by atoms with van der Waals surface area (Å²) < 4.78 is 6.64. The third kappa shape index (κ3) is 3.50. The van der Waals surface area contributed by atoms with Crippen molar-refractivity contribution in [2.45, 2.75) is 19.3 Å². The monoisotopic (exact) mass is 393 g/mol. The van der Waals surface area contributed by atoms with E-state index in [2.05, 4.69) is 21.5 Å². The number of nitrogens with zero attached hydrogens (tertiary/aromatic N) is 4. The zero-order valence-corrected chi connectivity index (χ0v) is 15.5. The van der Waals surface area contributed by atoms with Crippen molar-refractivity contribution in [3.05, 3.63) is 58.5 Å². The van der Waals surface area contributed by atoms with Gasteiger partial charge in [-0.1, -0.05) is 0 Å². The SMILES string of the molecule is N#Cc1c(NC(=O)COC(=O)c2ccc(-n3cncn3)cc2)sc2c1CCC2. The molecule has 0 aliphatic heterocycles. The quantitative estimate of drug-likeness (QED) is 0.667. The van der Waals surface area contributed by atoms with Gasteiger partial charge in [0, 0.05) is 4.88 Å². The van der Waals surface area contributed by atoms with Crippen molar-refractivity contribution in [1.29, 1.82) is 5.26 Å². The van der Waals surface area contributed by atoms with E-state index in [0.717, 1.165) is 35.4 Å². The molecular weight excluding hydrogens is 378 g/mol. The number of rotatable bonds is 5. The van der Waals surface area contributed by atoms with Gasteiger partial charge in [0.25, 0.3) is 5.91 Å². The first-order chi connectivity index (χ1) is 13.7. The standard InChI is InChI=1S/C19H15N5O3S/c20-8-15-14-2-1-3-16(14)28-18(15)23-17(25)9-27-19(26)12-4-6-13(7-5-12)24-11-21-10-22-24/h4-7,10-11H,1-3,9H2,(H,23,25). The first kappa shape index (κ1) is 17.9. The molecule has 28 heavy (non-hydrogen) atoms. The highest BCUT2D eigenvalue weighted by molar-refractivity contribution is 7.16. The lowest BCUT2D eigenvalue weighted by Crippen LogP contribution is -2.21. The third-order valence-electron chi connectivity index (χ3n) is 4.41. The molecule has 0 saturated carbocycles. The van der Waals surface area contributed by atoms with Crippen LogP contribution in [0, 0.1) is 11.3 Å². The van der Waals surface area contributed by atoms with E-state index < -0.39 is 18.5 Å². The maximum atomic E-state index is 12.1. The normalized spacial score (nSPS) is 12.2. The lowest BCUT2D eigenvalue weighted by atomic mass is 10.1. The number of nitriles is 1. The van der Waals surface area contributed by atoms with E-state index in [0.29, 0.717) is 16.1 Å². The molecule has 2 heterocycles. The fourth-order valence-corrected chi connectivity index (χ4v) is 4.34. The zero-order chi connectivity index (χ0) is 19.5. The number of nitrogens with one attached hydrogen (secondary N) is 1. The van der Waals surface area contributed by atoms with E-state index in [1.54, 1.807) is 35.3 Å². The predicted molar refractivity (Wildman–Crippen MR) is 101 cm³/mol. The summed E-state index contributed by atoms with van der Waals surface area (Å²) in [5.74, 6) is -1.07. The molecule has 4 rings (SSSR count). The van der Waals surface area contributed by atoms with Crippen molar-refractivity contribution in [3.63, 3.8) is 0 Å². The summed E-state index contributed by atoms with van der Waals surface area (Å²) in [4.78, 5) is 29.3. The molecule has 9 heteroatoms. The van der Waals surface area contributed by atoms with Crippen molar-refractivity contribution < 1.29 is 14.3 Å². The number of esters is 1. The van der Waals surface area contributed by atoms with Gasteiger partial charge < -0.3 is 10.1 Å². The van der Waals surface area contributed by atoms with E-state index in [-0.39, 0.29) is 0 Å².